The Labute approximate surface area is 226 Å². The molecule has 1 saturated heterocycles. The Balaban J connectivity index is 1.93. The van der Waals surface area contributed by atoms with Crippen LogP contribution in [-0.2, 0) is 61.9 Å². The molecule has 0 bridgehead atoms. The van der Waals surface area contributed by atoms with E-state index in [4.69, 9.17) is 37.9 Å². The molecule has 2 heterocycles. The second-order valence-corrected chi connectivity index (χ2v) is 9.92. The summed E-state index contributed by atoms with van der Waals surface area (Å²) < 4.78 is 44.9. The maximum Gasteiger partial charge on any atom is 0.303 e. The number of carbonyl (C=O) groups excluding carboxylic acids is 5. The van der Waals surface area contributed by atoms with Gasteiger partial charge in [0.2, 0.25) is 12.6 Å². The third-order valence-electron chi connectivity index (χ3n) is 6.86. The lowest BCUT2D eigenvalue weighted by atomic mass is 9.83. The highest BCUT2D eigenvalue weighted by molar-refractivity contribution is 5.69. The molecule has 218 valence electrons. The van der Waals surface area contributed by atoms with Gasteiger partial charge in [0.15, 0.2) is 18.3 Å². The van der Waals surface area contributed by atoms with Crippen LogP contribution in [-0.4, -0.2) is 80.1 Å². The predicted octanol–water partition coefficient (Wildman–Crippen LogP) is 1.55. The van der Waals surface area contributed by atoms with Gasteiger partial charge in [-0.3, -0.25) is 24.0 Å². The standard InChI is InChI=1S/C26H36O13/c1-12-7-8-19-18(9-32-13(2)27)10-34-25(21(12)19)39-26-24(37-17(6)31)23(36-16(5)30)22(35-15(4)29)20(38-26)11-33-14(3)28/h10,12,19-26H,7-9,11H2,1-6H3/t12-,19+,20+,21+,22+,23-,24+,25-,26-/m0/s1. The molecule has 39 heavy (non-hydrogen) atoms. The molecule has 0 N–H and O–H groups in total. The number of hydrogen-bond donors (Lipinski definition) is 0. The van der Waals surface area contributed by atoms with E-state index >= 15 is 0 Å². The molecule has 0 unspecified atom stereocenters. The Bertz CT molecular complexity index is 975. The number of fused-ring (bicyclic) bond motifs is 1. The summed E-state index contributed by atoms with van der Waals surface area (Å²) in [5.41, 5.74) is 0.820. The lowest BCUT2D eigenvalue weighted by Gasteiger charge is -2.46. The molecule has 0 amide bonds. The van der Waals surface area contributed by atoms with Crippen LogP contribution < -0.4 is 0 Å². The zero-order valence-corrected chi connectivity index (χ0v) is 22.9. The highest BCUT2D eigenvalue weighted by Crippen LogP contribution is 2.47. The van der Waals surface area contributed by atoms with Crippen LogP contribution in [0.4, 0.5) is 0 Å². The van der Waals surface area contributed by atoms with Gasteiger partial charge in [-0.1, -0.05) is 6.92 Å². The van der Waals surface area contributed by atoms with Crippen LogP contribution in [0.15, 0.2) is 11.8 Å². The molecular formula is C26H36O13. The normalized spacial score (nSPS) is 33.5. The maximum atomic E-state index is 12.1. The molecule has 0 spiro atoms. The first-order valence-corrected chi connectivity index (χ1v) is 12.8. The van der Waals surface area contributed by atoms with Crippen molar-refractivity contribution in [3.63, 3.8) is 0 Å². The second-order valence-electron chi connectivity index (χ2n) is 9.92. The molecule has 3 rings (SSSR count). The molecule has 1 saturated carbocycles. The van der Waals surface area contributed by atoms with E-state index in [0.717, 1.165) is 39.2 Å². The third-order valence-corrected chi connectivity index (χ3v) is 6.86. The largest absolute Gasteiger partial charge is 0.472 e. The summed E-state index contributed by atoms with van der Waals surface area (Å²) in [4.78, 5) is 58.9. The van der Waals surface area contributed by atoms with Crippen LogP contribution in [0.2, 0.25) is 0 Å². The van der Waals surface area contributed by atoms with E-state index in [1.54, 1.807) is 0 Å². The summed E-state index contributed by atoms with van der Waals surface area (Å²) in [7, 11) is 0. The van der Waals surface area contributed by atoms with Gasteiger partial charge in [0.05, 0.1) is 6.26 Å². The van der Waals surface area contributed by atoms with Gasteiger partial charge in [-0.15, -0.1) is 0 Å². The fourth-order valence-corrected chi connectivity index (χ4v) is 5.33. The molecule has 0 radical (unpaired) electrons. The van der Waals surface area contributed by atoms with Gasteiger partial charge in [0.1, 0.15) is 19.3 Å². The van der Waals surface area contributed by atoms with E-state index in [0.29, 0.717) is 0 Å². The van der Waals surface area contributed by atoms with Crippen molar-refractivity contribution in [2.75, 3.05) is 13.2 Å². The number of esters is 5. The molecule has 2 fully saturated rings. The summed E-state index contributed by atoms with van der Waals surface area (Å²) >= 11 is 0. The zero-order chi connectivity index (χ0) is 28.9. The van der Waals surface area contributed by atoms with Gasteiger partial charge in [0.25, 0.3) is 0 Å². The monoisotopic (exact) mass is 556 g/mol. The lowest BCUT2D eigenvalue weighted by Crippen LogP contribution is -2.63. The molecule has 0 aromatic heterocycles. The molecule has 0 aromatic carbocycles. The minimum absolute atomic E-state index is 0.00349. The summed E-state index contributed by atoms with van der Waals surface area (Å²) in [5.74, 6) is -3.21. The van der Waals surface area contributed by atoms with Crippen LogP contribution in [0, 0.1) is 17.8 Å². The van der Waals surface area contributed by atoms with Crippen LogP contribution in [0.5, 0.6) is 0 Å². The molecule has 13 nitrogen and oxygen atoms in total. The van der Waals surface area contributed by atoms with E-state index in [-0.39, 0.29) is 31.0 Å². The smallest absolute Gasteiger partial charge is 0.303 e. The minimum atomic E-state index is -1.35. The highest BCUT2D eigenvalue weighted by atomic mass is 16.8. The molecular weight excluding hydrogens is 520 g/mol. The van der Waals surface area contributed by atoms with Crippen molar-refractivity contribution >= 4 is 29.8 Å². The SMILES string of the molecule is CC(=O)OCC1=CO[C@@H](O[C@@H]2O[C@H](COC(C)=O)[C@@H](OC(C)=O)[C@H](OC(C)=O)[C@H]2OC(C)=O)[C@H]2[C@@H]1CC[C@@H]2C. The predicted molar refractivity (Wildman–Crippen MR) is 128 cm³/mol. The molecule has 0 aromatic rings. The van der Waals surface area contributed by atoms with E-state index in [9.17, 15) is 24.0 Å². The van der Waals surface area contributed by atoms with E-state index < -0.39 is 66.8 Å². The molecule has 3 aliphatic rings. The maximum absolute atomic E-state index is 12.1. The average Bonchev–Trinajstić information content (AvgIpc) is 3.22. The van der Waals surface area contributed by atoms with Crippen LogP contribution in [0.25, 0.3) is 0 Å². The number of carbonyl (C=O) groups is 5. The van der Waals surface area contributed by atoms with Gasteiger partial charge >= 0.3 is 29.8 Å². The Morgan fingerprint density at radius 1 is 0.769 bits per heavy atom. The summed E-state index contributed by atoms with van der Waals surface area (Å²) in [6.07, 6.45) is -4.14. The second kappa shape index (κ2) is 13.2. The summed E-state index contributed by atoms with van der Waals surface area (Å²) in [6, 6.07) is 0. The number of ether oxygens (including phenoxy) is 8. The van der Waals surface area contributed by atoms with Crippen molar-refractivity contribution in [3.8, 4) is 0 Å². The highest BCUT2D eigenvalue weighted by Gasteiger charge is 2.55. The Hall–Kier alpha value is -3.19. The van der Waals surface area contributed by atoms with Crippen molar-refractivity contribution in [1.29, 1.82) is 0 Å². The van der Waals surface area contributed by atoms with Crippen molar-refractivity contribution < 1.29 is 61.9 Å². The quantitative estimate of drug-likeness (QED) is 0.298. The number of rotatable bonds is 9. The Kier molecular flexibility index (Phi) is 10.3. The van der Waals surface area contributed by atoms with E-state index in [1.807, 2.05) is 6.92 Å². The first-order valence-electron chi connectivity index (χ1n) is 12.8. The van der Waals surface area contributed by atoms with Gasteiger partial charge in [-0.25, -0.2) is 0 Å². The summed E-state index contributed by atoms with van der Waals surface area (Å²) in [5, 5.41) is 0. The fourth-order valence-electron chi connectivity index (χ4n) is 5.33. The van der Waals surface area contributed by atoms with Gasteiger partial charge in [0, 0.05) is 46.1 Å². The van der Waals surface area contributed by atoms with Crippen LogP contribution >= 0.6 is 0 Å². The fraction of sp³-hybridized carbons (Fsp3) is 0.731. The van der Waals surface area contributed by atoms with Crippen molar-refractivity contribution in [3.05, 3.63) is 11.8 Å². The lowest BCUT2D eigenvalue weighted by molar-refractivity contribution is -0.345. The minimum Gasteiger partial charge on any atom is -0.472 e. The Morgan fingerprint density at radius 2 is 1.36 bits per heavy atom. The molecule has 13 heteroatoms. The Morgan fingerprint density at radius 3 is 1.95 bits per heavy atom. The number of hydrogen-bond acceptors (Lipinski definition) is 13. The topological polar surface area (TPSA) is 159 Å². The summed E-state index contributed by atoms with van der Waals surface area (Å²) in [6.45, 7) is 7.75. The van der Waals surface area contributed by atoms with E-state index in [1.165, 1.54) is 20.1 Å². The van der Waals surface area contributed by atoms with E-state index in [2.05, 4.69) is 0 Å². The molecule has 9 atom stereocenters. The van der Waals surface area contributed by atoms with Gasteiger partial charge < -0.3 is 37.9 Å². The first-order chi connectivity index (χ1) is 18.4. The van der Waals surface area contributed by atoms with Crippen molar-refractivity contribution in [1.82, 2.24) is 0 Å². The third kappa shape index (κ3) is 7.91. The first kappa shape index (κ1) is 30.4. The van der Waals surface area contributed by atoms with Crippen molar-refractivity contribution in [2.45, 2.75) is 91.4 Å². The average molecular weight is 557 g/mol. The zero-order valence-electron chi connectivity index (χ0n) is 22.9. The van der Waals surface area contributed by atoms with Gasteiger partial charge in [-0.05, 0) is 24.7 Å². The molecule has 2 aliphatic heterocycles. The van der Waals surface area contributed by atoms with Crippen LogP contribution in [0.3, 0.4) is 0 Å². The van der Waals surface area contributed by atoms with Crippen molar-refractivity contribution in [2.24, 2.45) is 17.8 Å². The molecule has 1 aliphatic carbocycles. The van der Waals surface area contributed by atoms with Crippen LogP contribution in [0.1, 0.15) is 54.4 Å². The van der Waals surface area contributed by atoms with Gasteiger partial charge in [-0.2, -0.15) is 0 Å².